The van der Waals surface area contributed by atoms with Crippen molar-refractivity contribution in [3.63, 3.8) is 0 Å². The van der Waals surface area contributed by atoms with E-state index in [1.54, 1.807) is 6.20 Å². The number of benzene rings is 2. The van der Waals surface area contributed by atoms with Crippen LogP contribution in [0.2, 0.25) is 0 Å². The van der Waals surface area contributed by atoms with Crippen LogP contribution in [0.1, 0.15) is 16.8 Å². The average molecular weight is 476 g/mol. The van der Waals surface area contributed by atoms with Gasteiger partial charge in [-0.3, -0.25) is 9.69 Å². The van der Waals surface area contributed by atoms with Crippen LogP contribution in [0.5, 0.6) is 0 Å². The van der Waals surface area contributed by atoms with E-state index < -0.39 is 0 Å². The molecule has 1 fully saturated rings. The number of aromatic nitrogens is 2. The first-order valence-corrected chi connectivity index (χ1v) is 11.9. The zero-order valence-corrected chi connectivity index (χ0v) is 20.3. The molecule has 1 saturated heterocycles. The number of anilines is 5. The summed E-state index contributed by atoms with van der Waals surface area (Å²) in [6.07, 6.45) is 2.76. The van der Waals surface area contributed by atoms with Crippen molar-refractivity contribution in [3.05, 3.63) is 66.4 Å². The quantitative estimate of drug-likeness (QED) is 0.383. The van der Waals surface area contributed by atoms with Crippen LogP contribution in [0.25, 0.3) is 0 Å². The predicted octanol–water partition coefficient (Wildman–Crippen LogP) is 3.67. The van der Waals surface area contributed by atoms with Gasteiger partial charge < -0.3 is 25.6 Å². The Morgan fingerprint density at radius 2 is 1.83 bits per heavy atom. The van der Waals surface area contributed by atoms with Crippen molar-refractivity contribution in [2.75, 3.05) is 74.3 Å². The molecule has 0 spiro atoms. The second-order valence-corrected chi connectivity index (χ2v) is 8.60. The third kappa shape index (κ3) is 7.40. The fourth-order valence-electron chi connectivity index (χ4n) is 3.78. The van der Waals surface area contributed by atoms with Gasteiger partial charge in [0.25, 0.3) is 5.91 Å². The Morgan fingerprint density at radius 1 is 1.06 bits per heavy atom. The Hall–Kier alpha value is -3.69. The van der Waals surface area contributed by atoms with E-state index >= 15 is 0 Å². The molecule has 2 aromatic carbocycles. The van der Waals surface area contributed by atoms with E-state index in [2.05, 4.69) is 30.8 Å². The molecule has 4 rings (SSSR count). The summed E-state index contributed by atoms with van der Waals surface area (Å²) in [5, 5.41) is 9.53. The van der Waals surface area contributed by atoms with Crippen LogP contribution in [0.15, 0.2) is 60.8 Å². The number of hydrogen-bond donors (Lipinski definition) is 3. The normalized spacial score (nSPS) is 13.8. The molecule has 2 heterocycles. The molecule has 0 unspecified atom stereocenters. The summed E-state index contributed by atoms with van der Waals surface area (Å²) >= 11 is 0. The molecule has 0 atom stereocenters. The van der Waals surface area contributed by atoms with Gasteiger partial charge in [-0.05, 0) is 61.5 Å². The van der Waals surface area contributed by atoms with Gasteiger partial charge in [0.15, 0.2) is 0 Å². The van der Waals surface area contributed by atoms with Crippen LogP contribution in [0.4, 0.5) is 28.8 Å². The van der Waals surface area contributed by atoms with E-state index in [1.165, 1.54) is 0 Å². The van der Waals surface area contributed by atoms with Crippen molar-refractivity contribution < 1.29 is 9.53 Å². The molecule has 0 bridgehead atoms. The summed E-state index contributed by atoms with van der Waals surface area (Å²) in [4.78, 5) is 25.9. The number of amides is 1. The van der Waals surface area contributed by atoms with E-state index in [9.17, 15) is 4.79 Å². The van der Waals surface area contributed by atoms with Gasteiger partial charge in [0.2, 0.25) is 5.95 Å². The first kappa shape index (κ1) is 24.4. The zero-order valence-electron chi connectivity index (χ0n) is 20.3. The average Bonchev–Trinajstić information content (AvgIpc) is 2.88. The molecule has 1 aromatic heterocycles. The molecule has 0 aliphatic carbocycles. The topological polar surface area (TPSA) is 94.7 Å². The predicted molar refractivity (Wildman–Crippen MR) is 141 cm³/mol. The highest BCUT2D eigenvalue weighted by Crippen LogP contribution is 2.20. The molecule has 9 nitrogen and oxygen atoms in total. The van der Waals surface area contributed by atoms with Crippen molar-refractivity contribution >= 4 is 34.7 Å². The Labute approximate surface area is 206 Å². The maximum absolute atomic E-state index is 12.6. The lowest BCUT2D eigenvalue weighted by molar-refractivity contribution is 0.0378. The van der Waals surface area contributed by atoms with Gasteiger partial charge in [-0.15, -0.1) is 0 Å². The van der Waals surface area contributed by atoms with E-state index in [1.807, 2.05) is 73.6 Å². The first-order chi connectivity index (χ1) is 17.1. The van der Waals surface area contributed by atoms with Gasteiger partial charge in [0, 0.05) is 62.6 Å². The van der Waals surface area contributed by atoms with Crippen molar-refractivity contribution in [1.82, 2.24) is 14.9 Å². The lowest BCUT2D eigenvalue weighted by Crippen LogP contribution is -2.37. The maximum atomic E-state index is 12.6. The highest BCUT2D eigenvalue weighted by Gasteiger charge is 2.10. The van der Waals surface area contributed by atoms with Crippen molar-refractivity contribution in [2.24, 2.45) is 0 Å². The smallest absolute Gasteiger partial charge is 0.255 e. The van der Waals surface area contributed by atoms with Crippen LogP contribution in [0.3, 0.4) is 0 Å². The third-order valence-electron chi connectivity index (χ3n) is 5.74. The summed E-state index contributed by atoms with van der Waals surface area (Å²) in [5.41, 5.74) is 3.12. The third-order valence-corrected chi connectivity index (χ3v) is 5.74. The number of carbonyl (C=O) groups excluding carboxylic acids is 1. The number of morpholine rings is 1. The van der Waals surface area contributed by atoms with Crippen LogP contribution >= 0.6 is 0 Å². The minimum Gasteiger partial charge on any atom is -0.379 e. The molecule has 9 heteroatoms. The van der Waals surface area contributed by atoms with E-state index in [0.29, 0.717) is 17.2 Å². The first-order valence-electron chi connectivity index (χ1n) is 11.9. The van der Waals surface area contributed by atoms with E-state index in [0.717, 1.165) is 63.0 Å². The summed E-state index contributed by atoms with van der Waals surface area (Å²) < 4.78 is 5.39. The Kier molecular flexibility index (Phi) is 8.48. The number of ether oxygens (including phenoxy) is 1. The standard InChI is InChI=1S/C26H33N7O2/c1-32(2)23-9-7-20(8-10-23)25(34)29-21-5-3-6-22(19-21)30-26-28-13-11-24(31-26)27-12-4-14-33-15-17-35-18-16-33/h3,5-11,13,19H,4,12,14-18H2,1-2H3,(H,29,34)(H2,27,28,30,31). The molecule has 1 aliphatic rings. The summed E-state index contributed by atoms with van der Waals surface area (Å²) in [7, 11) is 3.94. The summed E-state index contributed by atoms with van der Waals surface area (Å²) in [6.45, 7) is 5.54. The van der Waals surface area contributed by atoms with Gasteiger partial charge >= 0.3 is 0 Å². The monoisotopic (exact) mass is 475 g/mol. The fourth-order valence-corrected chi connectivity index (χ4v) is 3.78. The molecule has 1 amide bonds. The van der Waals surface area contributed by atoms with Gasteiger partial charge in [-0.1, -0.05) is 6.07 Å². The van der Waals surface area contributed by atoms with Gasteiger partial charge in [0.05, 0.1) is 13.2 Å². The molecular weight excluding hydrogens is 442 g/mol. The minimum absolute atomic E-state index is 0.160. The van der Waals surface area contributed by atoms with Gasteiger partial charge in [-0.2, -0.15) is 4.98 Å². The van der Waals surface area contributed by atoms with E-state index in [-0.39, 0.29) is 5.91 Å². The number of rotatable bonds is 10. The van der Waals surface area contributed by atoms with Gasteiger partial charge in [0.1, 0.15) is 5.82 Å². The lowest BCUT2D eigenvalue weighted by atomic mass is 10.2. The van der Waals surface area contributed by atoms with Crippen LogP contribution < -0.4 is 20.9 Å². The number of hydrogen-bond acceptors (Lipinski definition) is 8. The minimum atomic E-state index is -0.160. The molecule has 0 radical (unpaired) electrons. The van der Waals surface area contributed by atoms with Crippen molar-refractivity contribution in [3.8, 4) is 0 Å². The van der Waals surface area contributed by atoms with Crippen LogP contribution in [-0.4, -0.2) is 74.3 Å². The highest BCUT2D eigenvalue weighted by molar-refractivity contribution is 6.04. The number of nitrogens with zero attached hydrogens (tertiary/aromatic N) is 4. The van der Waals surface area contributed by atoms with Crippen molar-refractivity contribution in [1.29, 1.82) is 0 Å². The highest BCUT2D eigenvalue weighted by atomic mass is 16.5. The summed E-state index contributed by atoms with van der Waals surface area (Å²) in [6, 6.07) is 16.8. The van der Waals surface area contributed by atoms with Crippen LogP contribution in [0, 0.1) is 0 Å². The van der Waals surface area contributed by atoms with E-state index in [4.69, 9.17) is 4.74 Å². The maximum Gasteiger partial charge on any atom is 0.255 e. The molecule has 35 heavy (non-hydrogen) atoms. The molecule has 3 N–H and O–H groups in total. The molecule has 3 aromatic rings. The largest absolute Gasteiger partial charge is 0.379 e. The fraction of sp³-hybridized carbons (Fsp3) is 0.346. The van der Waals surface area contributed by atoms with Crippen LogP contribution in [-0.2, 0) is 4.74 Å². The molecule has 0 saturated carbocycles. The second-order valence-electron chi connectivity index (χ2n) is 8.60. The molecule has 184 valence electrons. The Balaban J connectivity index is 1.29. The molecule has 1 aliphatic heterocycles. The second kappa shape index (κ2) is 12.1. The lowest BCUT2D eigenvalue weighted by Gasteiger charge is -2.26. The zero-order chi connectivity index (χ0) is 24.5. The Bertz CT molecular complexity index is 1100. The number of nitrogens with one attached hydrogen (secondary N) is 3. The van der Waals surface area contributed by atoms with Crippen molar-refractivity contribution in [2.45, 2.75) is 6.42 Å². The number of carbonyl (C=O) groups is 1. The Morgan fingerprint density at radius 3 is 2.60 bits per heavy atom. The summed E-state index contributed by atoms with van der Waals surface area (Å²) in [5.74, 6) is 1.10. The SMILES string of the molecule is CN(C)c1ccc(C(=O)Nc2cccc(Nc3nccc(NCCCN4CCOCC4)n3)c2)cc1. The molecular formula is C26H33N7O2. The van der Waals surface area contributed by atoms with Gasteiger partial charge in [-0.25, -0.2) is 4.98 Å².